The van der Waals surface area contributed by atoms with Crippen molar-refractivity contribution < 1.29 is 23.5 Å². The van der Waals surface area contributed by atoms with Crippen molar-refractivity contribution in [2.24, 2.45) is 0 Å². The van der Waals surface area contributed by atoms with Crippen LogP contribution in [0.2, 0.25) is 0 Å². The quantitative estimate of drug-likeness (QED) is 0.283. The normalized spacial score (nSPS) is 10.6. The number of carbonyl (C=O) groups excluding carboxylic acids is 3. The maximum Gasteiger partial charge on any atom is 0.339 e. The summed E-state index contributed by atoms with van der Waals surface area (Å²) in [6, 6.07) is 18.1. The van der Waals surface area contributed by atoms with Gasteiger partial charge < -0.3 is 14.5 Å². The fraction of sp³-hybridized carbons (Fsp3) is 0.154. The van der Waals surface area contributed by atoms with Gasteiger partial charge in [-0.3, -0.25) is 9.59 Å². The molecule has 4 rings (SSSR count). The monoisotopic (exact) mass is 474 g/mol. The van der Waals surface area contributed by atoms with Crippen molar-refractivity contribution in [1.29, 1.82) is 0 Å². The molecule has 7 nitrogen and oxygen atoms in total. The van der Waals surface area contributed by atoms with Gasteiger partial charge in [0.05, 0.1) is 28.7 Å². The molecule has 0 spiro atoms. The number of ketones is 1. The number of benzene rings is 2. The molecule has 0 aliphatic carbocycles. The number of esters is 1. The van der Waals surface area contributed by atoms with Crippen molar-refractivity contribution in [2.75, 3.05) is 6.61 Å². The SMILES string of the molecule is CC(=O)NCc1ccc(C(=O)COC(=O)c2ccccc2-c2ncc(-c3ccc(C)cc3)o2)s1. The summed E-state index contributed by atoms with van der Waals surface area (Å²) in [6.07, 6.45) is 1.61. The summed E-state index contributed by atoms with van der Waals surface area (Å²) in [6.45, 7) is 3.39. The summed E-state index contributed by atoms with van der Waals surface area (Å²) in [4.78, 5) is 41.9. The molecule has 0 fully saturated rings. The average Bonchev–Trinajstić information content (AvgIpc) is 3.52. The number of oxazole rings is 1. The lowest BCUT2D eigenvalue weighted by atomic mass is 10.1. The molecule has 0 saturated heterocycles. The van der Waals surface area contributed by atoms with Crippen LogP contribution in [-0.4, -0.2) is 29.3 Å². The van der Waals surface area contributed by atoms with Crippen LogP contribution in [-0.2, 0) is 16.1 Å². The first-order chi connectivity index (χ1) is 16.4. The summed E-state index contributed by atoms with van der Waals surface area (Å²) in [5, 5.41) is 2.68. The van der Waals surface area contributed by atoms with Gasteiger partial charge in [-0.1, -0.05) is 42.0 Å². The second kappa shape index (κ2) is 10.3. The van der Waals surface area contributed by atoms with E-state index in [4.69, 9.17) is 9.15 Å². The number of Topliss-reactive ketones (excluding diaryl/α,β-unsaturated/α-hetero) is 1. The Bertz CT molecular complexity index is 1340. The smallest absolute Gasteiger partial charge is 0.339 e. The van der Waals surface area contributed by atoms with Crippen LogP contribution in [0.15, 0.2) is 71.3 Å². The Kier molecular flexibility index (Phi) is 6.98. The number of carbonyl (C=O) groups is 3. The Labute approximate surface area is 200 Å². The van der Waals surface area contributed by atoms with Crippen molar-refractivity contribution in [3.8, 4) is 22.8 Å². The number of nitrogens with zero attached hydrogens (tertiary/aromatic N) is 1. The lowest BCUT2D eigenvalue weighted by Gasteiger charge is -2.07. The van der Waals surface area contributed by atoms with Gasteiger partial charge in [0.25, 0.3) is 0 Å². The predicted octanol–water partition coefficient (Wildman–Crippen LogP) is 5.05. The van der Waals surface area contributed by atoms with Crippen LogP contribution in [0.1, 0.15) is 37.4 Å². The molecule has 4 aromatic rings. The molecule has 0 saturated carbocycles. The number of thiophene rings is 1. The molecule has 0 atom stereocenters. The zero-order chi connectivity index (χ0) is 24.1. The van der Waals surface area contributed by atoms with Crippen LogP contribution in [0.5, 0.6) is 0 Å². The molecule has 2 heterocycles. The van der Waals surface area contributed by atoms with Gasteiger partial charge >= 0.3 is 5.97 Å². The van der Waals surface area contributed by atoms with Crippen molar-refractivity contribution in [2.45, 2.75) is 20.4 Å². The van der Waals surface area contributed by atoms with E-state index < -0.39 is 12.6 Å². The van der Waals surface area contributed by atoms with Crippen LogP contribution in [0.3, 0.4) is 0 Å². The van der Waals surface area contributed by atoms with Gasteiger partial charge in [-0.25, -0.2) is 9.78 Å². The fourth-order valence-corrected chi connectivity index (χ4v) is 4.08. The zero-order valence-electron chi connectivity index (χ0n) is 18.7. The molecular weight excluding hydrogens is 452 g/mol. The molecule has 0 aliphatic rings. The van der Waals surface area contributed by atoms with Crippen molar-refractivity contribution in [1.82, 2.24) is 10.3 Å². The number of aromatic nitrogens is 1. The van der Waals surface area contributed by atoms with Gasteiger partial charge in [0.1, 0.15) is 0 Å². The van der Waals surface area contributed by atoms with Crippen molar-refractivity contribution in [3.63, 3.8) is 0 Å². The largest absolute Gasteiger partial charge is 0.454 e. The summed E-state index contributed by atoms with van der Waals surface area (Å²) in [7, 11) is 0. The van der Waals surface area contributed by atoms with Crippen LogP contribution in [0.4, 0.5) is 0 Å². The summed E-state index contributed by atoms with van der Waals surface area (Å²) in [5.41, 5.74) is 2.75. The number of rotatable bonds is 8. The molecule has 0 bridgehead atoms. The van der Waals surface area contributed by atoms with E-state index >= 15 is 0 Å². The highest BCUT2D eigenvalue weighted by Gasteiger charge is 2.20. The first kappa shape index (κ1) is 23.1. The van der Waals surface area contributed by atoms with Crippen LogP contribution in [0, 0.1) is 6.92 Å². The molecule has 2 aromatic carbocycles. The van der Waals surface area contributed by atoms with E-state index in [1.807, 2.05) is 31.2 Å². The minimum Gasteiger partial charge on any atom is -0.454 e. The molecule has 34 heavy (non-hydrogen) atoms. The molecule has 0 unspecified atom stereocenters. The predicted molar refractivity (Wildman–Crippen MR) is 129 cm³/mol. The lowest BCUT2D eigenvalue weighted by molar-refractivity contribution is -0.119. The van der Waals surface area contributed by atoms with E-state index in [0.717, 1.165) is 16.0 Å². The van der Waals surface area contributed by atoms with Crippen LogP contribution >= 0.6 is 11.3 Å². The number of hydrogen-bond acceptors (Lipinski definition) is 7. The highest BCUT2D eigenvalue weighted by molar-refractivity contribution is 7.14. The Hall–Kier alpha value is -4.04. The minimum absolute atomic E-state index is 0.147. The van der Waals surface area contributed by atoms with E-state index in [2.05, 4.69) is 10.3 Å². The number of ether oxygens (including phenoxy) is 1. The molecule has 2 aromatic heterocycles. The highest BCUT2D eigenvalue weighted by atomic mass is 32.1. The summed E-state index contributed by atoms with van der Waals surface area (Å²) >= 11 is 1.25. The second-order valence-electron chi connectivity index (χ2n) is 7.62. The Morgan fingerprint density at radius 1 is 1.03 bits per heavy atom. The second-order valence-corrected chi connectivity index (χ2v) is 8.78. The first-order valence-corrected chi connectivity index (χ1v) is 11.4. The Morgan fingerprint density at radius 2 is 1.79 bits per heavy atom. The first-order valence-electron chi connectivity index (χ1n) is 10.6. The number of amides is 1. The van der Waals surface area contributed by atoms with Gasteiger partial charge in [0, 0.05) is 17.4 Å². The van der Waals surface area contributed by atoms with Crippen LogP contribution in [0.25, 0.3) is 22.8 Å². The van der Waals surface area contributed by atoms with E-state index in [-0.39, 0.29) is 23.1 Å². The van der Waals surface area contributed by atoms with Gasteiger partial charge in [0.15, 0.2) is 12.4 Å². The van der Waals surface area contributed by atoms with E-state index in [0.29, 0.717) is 22.7 Å². The Balaban J connectivity index is 1.44. The fourth-order valence-electron chi connectivity index (χ4n) is 3.21. The third-order valence-corrected chi connectivity index (χ3v) is 6.13. The standard InChI is InChI=1S/C26H22N2O5S/c1-16-7-9-18(10-8-16)23-14-28-25(33-23)20-5-3-4-6-21(20)26(31)32-15-22(30)24-12-11-19(34-24)13-27-17(2)29/h3-12,14H,13,15H2,1-2H3,(H,27,29). The zero-order valence-corrected chi connectivity index (χ0v) is 19.5. The molecule has 172 valence electrons. The molecule has 8 heteroatoms. The van der Waals surface area contributed by atoms with Gasteiger partial charge in [-0.05, 0) is 31.2 Å². The Morgan fingerprint density at radius 3 is 2.56 bits per heavy atom. The van der Waals surface area contributed by atoms with E-state index in [1.165, 1.54) is 18.3 Å². The third kappa shape index (κ3) is 5.47. The molecular formula is C26H22N2O5S. The maximum absolute atomic E-state index is 12.8. The maximum atomic E-state index is 12.8. The van der Waals surface area contributed by atoms with E-state index in [1.54, 1.807) is 42.6 Å². The van der Waals surface area contributed by atoms with Gasteiger partial charge in [0.2, 0.25) is 17.6 Å². The molecule has 1 amide bonds. The third-order valence-electron chi connectivity index (χ3n) is 5.00. The molecule has 0 radical (unpaired) electrons. The van der Waals surface area contributed by atoms with Crippen LogP contribution < -0.4 is 5.32 Å². The summed E-state index contributed by atoms with van der Waals surface area (Å²) < 4.78 is 11.2. The number of aryl methyl sites for hydroxylation is 1. The van der Waals surface area contributed by atoms with E-state index in [9.17, 15) is 14.4 Å². The highest BCUT2D eigenvalue weighted by Crippen LogP contribution is 2.29. The van der Waals surface area contributed by atoms with Gasteiger partial charge in [-0.2, -0.15) is 0 Å². The van der Waals surface area contributed by atoms with Crippen molar-refractivity contribution >= 4 is 29.0 Å². The van der Waals surface area contributed by atoms with Gasteiger partial charge in [-0.15, -0.1) is 11.3 Å². The molecule has 0 aliphatic heterocycles. The topological polar surface area (TPSA) is 98.5 Å². The summed E-state index contributed by atoms with van der Waals surface area (Å²) in [5.74, 6) is -0.237. The van der Waals surface area contributed by atoms with Crippen molar-refractivity contribution in [3.05, 3.63) is 87.7 Å². The number of nitrogens with one attached hydrogen (secondary N) is 1. The number of hydrogen-bond donors (Lipinski definition) is 1. The minimum atomic E-state index is -0.644. The lowest BCUT2D eigenvalue weighted by Crippen LogP contribution is -2.18. The molecule has 1 N–H and O–H groups in total. The average molecular weight is 475 g/mol.